The maximum absolute atomic E-state index is 8.63. The highest BCUT2D eigenvalue weighted by Crippen LogP contribution is 1.71. The van der Waals surface area contributed by atoms with Crippen molar-refractivity contribution in [1.29, 1.82) is 0 Å². The summed E-state index contributed by atoms with van der Waals surface area (Å²) in [6, 6.07) is 0. The molecule has 0 aliphatic carbocycles. The molecule has 0 aliphatic rings. The number of nitrogens with one attached hydrogen (secondary N) is 1. The number of rotatable bonds is 4. The molecular weight excluding hydrogens is 146 g/mol. The number of hydrogen-bond acceptors (Lipinski definition) is 4. The van der Waals surface area contributed by atoms with E-state index in [1.165, 1.54) is 0 Å². The van der Waals surface area contributed by atoms with Gasteiger partial charge in [-0.25, -0.2) is 0 Å². The van der Waals surface area contributed by atoms with Crippen LogP contribution in [0.1, 0.15) is 13.8 Å². The summed E-state index contributed by atoms with van der Waals surface area (Å²) >= 11 is 0. The highest BCUT2D eigenvalue weighted by Gasteiger charge is 1.90. The predicted molar refractivity (Wildman–Crippen MR) is 44.4 cm³/mol. The van der Waals surface area contributed by atoms with E-state index in [1.807, 2.05) is 0 Å². The molecule has 0 aliphatic heterocycles. The Labute approximate surface area is 67.9 Å². The van der Waals surface area contributed by atoms with E-state index in [4.69, 9.17) is 15.3 Å². The van der Waals surface area contributed by atoms with E-state index in [0.29, 0.717) is 13.1 Å². The second kappa shape index (κ2) is 12.5. The minimum atomic E-state index is -0.318. The Morgan fingerprint density at radius 2 is 1.82 bits per heavy atom. The van der Waals surface area contributed by atoms with Crippen molar-refractivity contribution >= 4 is 0 Å². The minimum Gasteiger partial charge on any atom is -0.397 e. The molecule has 0 spiro atoms. The number of aliphatic hydroxyl groups excluding tert-OH is 3. The summed E-state index contributed by atoms with van der Waals surface area (Å²) in [4.78, 5) is 0. The average molecular weight is 165 g/mol. The molecule has 0 aromatic rings. The van der Waals surface area contributed by atoms with E-state index in [1.54, 1.807) is 13.8 Å². The molecule has 4 nitrogen and oxygen atoms in total. The number of aliphatic hydroxyl groups is 3. The zero-order chi connectivity index (χ0) is 9.11. The van der Waals surface area contributed by atoms with Crippen molar-refractivity contribution in [3.63, 3.8) is 0 Å². The van der Waals surface area contributed by atoms with E-state index in [2.05, 4.69) is 5.32 Å². The Hall–Kier alpha value is -0.160. The van der Waals surface area contributed by atoms with Crippen LogP contribution in [0.3, 0.4) is 0 Å². The second-order valence-corrected chi connectivity index (χ2v) is 2.09. The van der Waals surface area contributed by atoms with Crippen molar-refractivity contribution in [2.45, 2.75) is 20.0 Å². The molecule has 0 unspecified atom stereocenters. The Kier molecular flexibility index (Phi) is 15.3. The van der Waals surface area contributed by atoms with Crippen molar-refractivity contribution in [1.82, 2.24) is 5.32 Å². The van der Waals surface area contributed by atoms with Gasteiger partial charge in [0.25, 0.3) is 0 Å². The van der Waals surface area contributed by atoms with E-state index in [9.17, 15) is 0 Å². The largest absolute Gasteiger partial charge is 0.397 e. The van der Waals surface area contributed by atoms with Crippen LogP contribution in [0, 0.1) is 0 Å². The van der Waals surface area contributed by atoms with Gasteiger partial charge >= 0.3 is 0 Å². The second-order valence-electron chi connectivity index (χ2n) is 2.09. The van der Waals surface area contributed by atoms with Gasteiger partial charge in [0.1, 0.15) is 0 Å². The fraction of sp³-hybridized carbons (Fsp3) is 1.00. The molecule has 0 saturated heterocycles. The lowest BCUT2D eigenvalue weighted by molar-refractivity contribution is 0.186. The summed E-state index contributed by atoms with van der Waals surface area (Å²) in [7, 11) is 0. The topological polar surface area (TPSA) is 72.7 Å². The fourth-order valence-electron chi connectivity index (χ4n) is 0.390. The van der Waals surface area contributed by atoms with Gasteiger partial charge in [-0.15, -0.1) is 0 Å². The van der Waals surface area contributed by atoms with Crippen LogP contribution in [0.25, 0.3) is 0 Å². The molecule has 0 radical (unpaired) electrons. The Morgan fingerprint density at radius 1 is 1.36 bits per heavy atom. The summed E-state index contributed by atoms with van der Waals surface area (Å²) in [6.07, 6.45) is -0.318. The van der Waals surface area contributed by atoms with Gasteiger partial charge in [0.05, 0.1) is 12.7 Å². The van der Waals surface area contributed by atoms with Crippen LogP contribution in [0.5, 0.6) is 0 Å². The van der Waals surface area contributed by atoms with Gasteiger partial charge in [-0.05, 0) is 13.8 Å². The van der Waals surface area contributed by atoms with Crippen molar-refractivity contribution < 1.29 is 15.3 Å². The first-order valence-electron chi connectivity index (χ1n) is 3.79. The first-order valence-corrected chi connectivity index (χ1v) is 3.79. The summed E-state index contributed by atoms with van der Waals surface area (Å²) in [5.74, 6) is 0. The first-order chi connectivity index (χ1) is 5.18. The summed E-state index contributed by atoms with van der Waals surface area (Å²) in [5, 5.41) is 27.3. The van der Waals surface area contributed by atoms with Crippen molar-refractivity contribution in [3.8, 4) is 0 Å². The van der Waals surface area contributed by atoms with Gasteiger partial charge < -0.3 is 20.6 Å². The molecule has 70 valence electrons. The molecule has 11 heavy (non-hydrogen) atoms. The molecule has 0 amide bonds. The van der Waals surface area contributed by atoms with Crippen LogP contribution < -0.4 is 5.32 Å². The highest BCUT2D eigenvalue weighted by molar-refractivity contribution is 4.50. The Morgan fingerprint density at radius 3 is 2.09 bits per heavy atom. The van der Waals surface area contributed by atoms with Crippen LogP contribution in [0.15, 0.2) is 0 Å². The molecule has 4 heteroatoms. The summed E-state index contributed by atoms with van der Waals surface area (Å²) in [5.41, 5.74) is 0. The van der Waals surface area contributed by atoms with E-state index in [0.717, 1.165) is 0 Å². The third-order valence-corrected chi connectivity index (χ3v) is 0.728. The SMILES string of the molecule is CCO.C[C@@H](O)CNCCO. The quantitative estimate of drug-likeness (QED) is 0.401. The summed E-state index contributed by atoms with van der Waals surface area (Å²) < 4.78 is 0. The Balaban J connectivity index is 0. The van der Waals surface area contributed by atoms with Crippen LogP contribution in [-0.2, 0) is 0 Å². The third-order valence-electron chi connectivity index (χ3n) is 0.728. The molecule has 0 aromatic heterocycles. The lowest BCUT2D eigenvalue weighted by Gasteiger charge is -2.02. The van der Waals surface area contributed by atoms with Crippen LogP contribution in [0.2, 0.25) is 0 Å². The summed E-state index contributed by atoms with van der Waals surface area (Å²) in [6.45, 7) is 4.88. The first kappa shape index (κ1) is 13.4. The maximum atomic E-state index is 8.63. The molecule has 0 rings (SSSR count). The van der Waals surface area contributed by atoms with E-state index >= 15 is 0 Å². The normalized spacial score (nSPS) is 11.7. The predicted octanol–water partition coefficient (Wildman–Crippen LogP) is -1.05. The standard InChI is InChI=1S/C5H13NO2.C2H6O/c1-5(8)4-6-2-3-7;1-2-3/h5-8H,2-4H2,1H3;3H,2H2,1H3/t5-;/m1./s1. The van der Waals surface area contributed by atoms with E-state index < -0.39 is 0 Å². The molecule has 0 aromatic carbocycles. The van der Waals surface area contributed by atoms with Crippen LogP contribution in [0.4, 0.5) is 0 Å². The lowest BCUT2D eigenvalue weighted by Crippen LogP contribution is -2.26. The smallest absolute Gasteiger partial charge is 0.0636 e. The molecule has 1 atom stereocenters. The average Bonchev–Trinajstić information content (AvgIpc) is 1.89. The molecule has 0 saturated carbocycles. The van der Waals surface area contributed by atoms with Gasteiger partial charge in [0.2, 0.25) is 0 Å². The zero-order valence-electron chi connectivity index (χ0n) is 7.25. The zero-order valence-corrected chi connectivity index (χ0v) is 7.25. The lowest BCUT2D eigenvalue weighted by atomic mass is 10.4. The molecular formula is C7H19NO3. The van der Waals surface area contributed by atoms with Gasteiger partial charge in [-0.1, -0.05) is 0 Å². The highest BCUT2D eigenvalue weighted by atomic mass is 16.3. The maximum Gasteiger partial charge on any atom is 0.0636 e. The number of hydrogen-bond donors (Lipinski definition) is 4. The monoisotopic (exact) mass is 165 g/mol. The van der Waals surface area contributed by atoms with Crippen molar-refractivity contribution in [3.05, 3.63) is 0 Å². The van der Waals surface area contributed by atoms with Crippen molar-refractivity contribution in [2.24, 2.45) is 0 Å². The molecule has 0 bridgehead atoms. The van der Waals surface area contributed by atoms with E-state index in [-0.39, 0.29) is 19.3 Å². The molecule has 4 N–H and O–H groups in total. The van der Waals surface area contributed by atoms with Gasteiger partial charge in [-0.3, -0.25) is 0 Å². The minimum absolute atomic E-state index is 0.132. The van der Waals surface area contributed by atoms with Crippen LogP contribution >= 0.6 is 0 Å². The Bertz CT molecular complexity index is 59.6. The molecule has 0 heterocycles. The van der Waals surface area contributed by atoms with Gasteiger partial charge in [0.15, 0.2) is 0 Å². The van der Waals surface area contributed by atoms with Gasteiger partial charge in [0, 0.05) is 19.7 Å². The fourth-order valence-corrected chi connectivity index (χ4v) is 0.390. The third kappa shape index (κ3) is 25.8. The van der Waals surface area contributed by atoms with Crippen molar-refractivity contribution in [2.75, 3.05) is 26.3 Å². The van der Waals surface area contributed by atoms with Gasteiger partial charge in [-0.2, -0.15) is 0 Å². The molecule has 0 fully saturated rings. The van der Waals surface area contributed by atoms with Crippen LogP contribution in [-0.4, -0.2) is 47.7 Å².